The maximum absolute atomic E-state index is 10.1. The van der Waals surface area contributed by atoms with Crippen molar-refractivity contribution in [2.75, 3.05) is 0 Å². The van der Waals surface area contributed by atoms with Crippen LogP contribution in [0.1, 0.15) is 32.6 Å². The largest absolute Gasteiger partial charge is 0.351 e. The van der Waals surface area contributed by atoms with Gasteiger partial charge in [-0.25, -0.2) is 0 Å². The molecule has 0 atom stereocenters. The van der Waals surface area contributed by atoms with E-state index in [2.05, 4.69) is 18.8 Å². The zero-order chi connectivity index (χ0) is 8.53. The molecular formula is C9H16NO. The van der Waals surface area contributed by atoms with Gasteiger partial charge >= 0.3 is 0 Å². The van der Waals surface area contributed by atoms with E-state index in [0.29, 0.717) is 0 Å². The van der Waals surface area contributed by atoms with Crippen molar-refractivity contribution >= 4 is 6.41 Å². The van der Waals surface area contributed by atoms with Crippen LogP contribution in [0.3, 0.4) is 0 Å². The summed E-state index contributed by atoms with van der Waals surface area (Å²) in [7, 11) is 0. The van der Waals surface area contributed by atoms with Crippen LogP contribution < -0.4 is 5.32 Å². The van der Waals surface area contributed by atoms with E-state index in [1.54, 1.807) is 0 Å². The summed E-state index contributed by atoms with van der Waals surface area (Å²) in [4.78, 5) is 10.1. The topological polar surface area (TPSA) is 29.1 Å². The molecule has 0 rings (SSSR count). The van der Waals surface area contributed by atoms with Crippen molar-refractivity contribution in [3.05, 3.63) is 18.7 Å². The predicted molar refractivity (Wildman–Crippen MR) is 46.8 cm³/mol. The Morgan fingerprint density at radius 1 is 1.64 bits per heavy atom. The molecule has 63 valence electrons. The summed E-state index contributed by atoms with van der Waals surface area (Å²) < 4.78 is 0. The van der Waals surface area contributed by atoms with Crippen LogP contribution in [-0.2, 0) is 4.79 Å². The van der Waals surface area contributed by atoms with E-state index in [9.17, 15) is 4.79 Å². The Hall–Kier alpha value is -0.790. The van der Waals surface area contributed by atoms with Gasteiger partial charge < -0.3 is 5.32 Å². The highest BCUT2D eigenvalue weighted by atomic mass is 16.1. The summed E-state index contributed by atoms with van der Waals surface area (Å²) in [6, 6.07) is 1.07. The minimum Gasteiger partial charge on any atom is -0.351 e. The minimum absolute atomic E-state index is 0.731. The lowest BCUT2D eigenvalue weighted by atomic mass is 10.1. The lowest BCUT2D eigenvalue weighted by molar-refractivity contribution is -0.109. The van der Waals surface area contributed by atoms with Crippen LogP contribution in [0.15, 0.2) is 12.7 Å². The first-order valence-corrected chi connectivity index (χ1v) is 4.01. The van der Waals surface area contributed by atoms with Gasteiger partial charge in [-0.05, 0) is 12.8 Å². The van der Waals surface area contributed by atoms with Gasteiger partial charge in [0.1, 0.15) is 0 Å². The lowest BCUT2D eigenvalue weighted by Gasteiger charge is -2.11. The Morgan fingerprint density at radius 2 is 2.36 bits per heavy atom. The molecule has 0 aromatic carbocycles. The van der Waals surface area contributed by atoms with Gasteiger partial charge in [-0.1, -0.05) is 25.8 Å². The molecule has 2 heteroatoms. The van der Waals surface area contributed by atoms with Crippen LogP contribution in [0.2, 0.25) is 0 Å². The van der Waals surface area contributed by atoms with Crippen molar-refractivity contribution in [1.29, 1.82) is 0 Å². The van der Waals surface area contributed by atoms with Crippen molar-refractivity contribution in [3.63, 3.8) is 0 Å². The van der Waals surface area contributed by atoms with E-state index in [1.165, 1.54) is 0 Å². The summed E-state index contributed by atoms with van der Waals surface area (Å²) in [5, 5.41) is 2.68. The van der Waals surface area contributed by atoms with Crippen LogP contribution in [0.5, 0.6) is 0 Å². The third kappa shape index (κ3) is 5.64. The molecule has 0 aliphatic rings. The molecule has 0 heterocycles. The van der Waals surface area contributed by atoms with Crippen molar-refractivity contribution < 1.29 is 4.79 Å². The van der Waals surface area contributed by atoms with Gasteiger partial charge in [-0.2, -0.15) is 0 Å². The van der Waals surface area contributed by atoms with E-state index in [4.69, 9.17) is 0 Å². The molecule has 1 amide bonds. The molecule has 0 bridgehead atoms. The molecule has 2 nitrogen and oxygen atoms in total. The van der Waals surface area contributed by atoms with E-state index < -0.39 is 0 Å². The van der Waals surface area contributed by atoms with Crippen LogP contribution in [0.25, 0.3) is 0 Å². The molecule has 0 aliphatic carbocycles. The highest BCUT2D eigenvalue weighted by Gasteiger charge is 2.03. The highest BCUT2D eigenvalue weighted by Crippen LogP contribution is 2.10. The summed E-state index contributed by atoms with van der Waals surface area (Å²) >= 11 is 0. The highest BCUT2D eigenvalue weighted by molar-refractivity contribution is 5.48. The number of carbonyl (C=O) groups is 1. The van der Waals surface area contributed by atoms with Crippen LogP contribution >= 0.6 is 0 Å². The SMILES string of the molecule is C=CC[C](CCCC)NC=O. The molecule has 0 spiro atoms. The van der Waals surface area contributed by atoms with Gasteiger partial charge in [0.25, 0.3) is 0 Å². The average molecular weight is 154 g/mol. The third-order valence-corrected chi connectivity index (χ3v) is 1.49. The fraction of sp³-hybridized carbons (Fsp3) is 0.556. The van der Waals surface area contributed by atoms with E-state index >= 15 is 0 Å². The molecule has 1 radical (unpaired) electrons. The zero-order valence-corrected chi connectivity index (χ0v) is 7.10. The molecule has 1 N–H and O–H groups in total. The van der Waals surface area contributed by atoms with Crippen LogP contribution in [0.4, 0.5) is 0 Å². The molecule has 0 saturated heterocycles. The van der Waals surface area contributed by atoms with E-state index in [1.807, 2.05) is 6.08 Å². The first kappa shape index (κ1) is 10.2. The Morgan fingerprint density at radius 3 is 2.82 bits per heavy atom. The lowest BCUT2D eigenvalue weighted by Crippen LogP contribution is -2.18. The molecule has 0 fully saturated rings. The van der Waals surface area contributed by atoms with Crippen LogP contribution in [0, 0.1) is 6.04 Å². The van der Waals surface area contributed by atoms with Crippen molar-refractivity contribution in [2.24, 2.45) is 0 Å². The first-order valence-electron chi connectivity index (χ1n) is 4.01. The molecule has 0 unspecified atom stereocenters. The summed E-state index contributed by atoms with van der Waals surface area (Å²) in [6.07, 6.45) is 6.58. The number of hydrogen-bond acceptors (Lipinski definition) is 1. The zero-order valence-electron chi connectivity index (χ0n) is 7.10. The smallest absolute Gasteiger partial charge is 0.207 e. The van der Waals surface area contributed by atoms with Gasteiger partial charge in [0.2, 0.25) is 6.41 Å². The standard InChI is InChI=1S/C9H16NO/c1-3-5-7-9(6-4-2)10-8-11/h4,8H,2-3,5-7H2,1H3,(H,10,11). The van der Waals surface area contributed by atoms with Crippen molar-refractivity contribution in [3.8, 4) is 0 Å². The van der Waals surface area contributed by atoms with Gasteiger partial charge in [0.15, 0.2) is 0 Å². The Kier molecular flexibility index (Phi) is 6.79. The second-order valence-electron chi connectivity index (χ2n) is 2.46. The molecule has 11 heavy (non-hydrogen) atoms. The van der Waals surface area contributed by atoms with Gasteiger partial charge in [0.05, 0.1) is 6.04 Å². The normalized spacial score (nSPS) is 9.64. The Balaban J connectivity index is 3.49. The number of carbonyl (C=O) groups excluding carboxylic acids is 1. The number of hydrogen-bond donors (Lipinski definition) is 1. The molecule has 0 aromatic heterocycles. The monoisotopic (exact) mass is 154 g/mol. The second kappa shape index (κ2) is 7.32. The molecule has 0 aromatic rings. The van der Waals surface area contributed by atoms with Gasteiger partial charge in [0, 0.05) is 0 Å². The van der Waals surface area contributed by atoms with Crippen molar-refractivity contribution in [2.45, 2.75) is 32.6 Å². The fourth-order valence-corrected chi connectivity index (χ4v) is 0.881. The summed E-state index contributed by atoms with van der Waals surface area (Å²) in [5.41, 5.74) is 0. The van der Waals surface area contributed by atoms with E-state index in [-0.39, 0.29) is 0 Å². The Bertz CT molecular complexity index is 102. The minimum atomic E-state index is 0.731. The van der Waals surface area contributed by atoms with Crippen molar-refractivity contribution in [1.82, 2.24) is 5.32 Å². The van der Waals surface area contributed by atoms with E-state index in [0.717, 1.165) is 38.1 Å². The Labute approximate surface area is 68.7 Å². The maximum Gasteiger partial charge on any atom is 0.207 e. The molecule has 0 saturated carbocycles. The van der Waals surface area contributed by atoms with Gasteiger partial charge in [-0.3, -0.25) is 4.79 Å². The molecule has 0 aliphatic heterocycles. The predicted octanol–water partition coefficient (Wildman–Crippen LogP) is 2.03. The number of nitrogens with one attached hydrogen (secondary N) is 1. The summed E-state index contributed by atoms with van der Waals surface area (Å²) in [5.74, 6) is 0. The second-order valence-corrected chi connectivity index (χ2v) is 2.46. The summed E-state index contributed by atoms with van der Waals surface area (Å²) in [6.45, 7) is 5.75. The first-order chi connectivity index (χ1) is 5.35. The third-order valence-electron chi connectivity index (χ3n) is 1.49. The number of amides is 1. The van der Waals surface area contributed by atoms with Gasteiger partial charge in [-0.15, -0.1) is 6.58 Å². The molecular weight excluding hydrogens is 138 g/mol. The quantitative estimate of drug-likeness (QED) is 0.441. The number of unbranched alkanes of at least 4 members (excludes halogenated alkanes) is 1. The average Bonchev–Trinajstić information content (AvgIpc) is 2.01. The number of rotatable bonds is 7. The fourth-order valence-electron chi connectivity index (χ4n) is 0.881. The van der Waals surface area contributed by atoms with Crippen LogP contribution in [-0.4, -0.2) is 6.41 Å². The maximum atomic E-state index is 10.1.